The summed E-state index contributed by atoms with van der Waals surface area (Å²) in [6, 6.07) is 8.59. The highest BCUT2D eigenvalue weighted by atomic mass is 14.9. The van der Waals surface area contributed by atoms with E-state index < -0.39 is 0 Å². The van der Waals surface area contributed by atoms with E-state index in [1.54, 1.807) is 0 Å². The van der Waals surface area contributed by atoms with E-state index in [0.29, 0.717) is 0 Å². The van der Waals surface area contributed by atoms with Crippen molar-refractivity contribution in [3.05, 3.63) is 41.3 Å². The SMILES string of the molecule is Cc1ccc(-c2nc(CC3CCNC3)[nH]c2C)cc1. The van der Waals surface area contributed by atoms with Crippen LogP contribution in [0, 0.1) is 19.8 Å². The number of nitrogens with one attached hydrogen (secondary N) is 2. The molecule has 2 aromatic rings. The highest BCUT2D eigenvalue weighted by Gasteiger charge is 2.17. The smallest absolute Gasteiger partial charge is 0.107 e. The molecule has 0 aliphatic carbocycles. The van der Waals surface area contributed by atoms with Crippen molar-refractivity contribution < 1.29 is 0 Å². The van der Waals surface area contributed by atoms with Crippen LogP contribution in [0.4, 0.5) is 0 Å². The Balaban J connectivity index is 1.82. The topological polar surface area (TPSA) is 40.7 Å². The van der Waals surface area contributed by atoms with Crippen molar-refractivity contribution in [2.45, 2.75) is 26.7 Å². The Morgan fingerprint density at radius 3 is 2.68 bits per heavy atom. The van der Waals surface area contributed by atoms with Crippen LogP contribution >= 0.6 is 0 Å². The highest BCUT2D eigenvalue weighted by Crippen LogP contribution is 2.23. The van der Waals surface area contributed by atoms with E-state index in [1.165, 1.54) is 23.2 Å². The third-order valence-corrected chi connectivity index (χ3v) is 3.90. The number of aryl methyl sites for hydroxylation is 2. The molecule has 2 N–H and O–H groups in total. The molecule has 1 fully saturated rings. The van der Waals surface area contributed by atoms with Crippen LogP contribution in [0.25, 0.3) is 11.3 Å². The Bertz CT molecular complexity index is 548. The lowest BCUT2D eigenvalue weighted by Gasteiger charge is -2.04. The lowest BCUT2D eigenvalue weighted by molar-refractivity contribution is 0.564. The van der Waals surface area contributed by atoms with Crippen molar-refractivity contribution in [2.24, 2.45) is 5.92 Å². The summed E-state index contributed by atoms with van der Waals surface area (Å²) in [6.45, 7) is 6.49. The van der Waals surface area contributed by atoms with Crippen LogP contribution in [0.15, 0.2) is 24.3 Å². The molecule has 1 aromatic heterocycles. The summed E-state index contributed by atoms with van der Waals surface area (Å²) >= 11 is 0. The molecule has 0 bridgehead atoms. The molecule has 0 saturated carbocycles. The Morgan fingerprint density at radius 2 is 2.00 bits per heavy atom. The molecule has 1 saturated heterocycles. The second kappa shape index (κ2) is 5.17. The van der Waals surface area contributed by atoms with E-state index in [2.05, 4.69) is 48.4 Å². The van der Waals surface area contributed by atoms with Gasteiger partial charge in [0.15, 0.2) is 0 Å². The van der Waals surface area contributed by atoms with Crippen molar-refractivity contribution in [2.75, 3.05) is 13.1 Å². The van der Waals surface area contributed by atoms with Gasteiger partial charge < -0.3 is 10.3 Å². The van der Waals surface area contributed by atoms with Crippen LogP contribution in [-0.4, -0.2) is 23.1 Å². The fraction of sp³-hybridized carbons (Fsp3) is 0.438. The van der Waals surface area contributed by atoms with Gasteiger partial charge >= 0.3 is 0 Å². The number of nitrogens with zero attached hydrogens (tertiary/aromatic N) is 1. The summed E-state index contributed by atoms with van der Waals surface area (Å²) in [5.74, 6) is 1.86. The quantitative estimate of drug-likeness (QED) is 0.885. The van der Waals surface area contributed by atoms with Crippen molar-refractivity contribution in [3.8, 4) is 11.3 Å². The maximum atomic E-state index is 4.79. The Labute approximate surface area is 114 Å². The van der Waals surface area contributed by atoms with Gasteiger partial charge in [0.05, 0.1) is 5.69 Å². The number of rotatable bonds is 3. The van der Waals surface area contributed by atoms with E-state index in [4.69, 9.17) is 4.98 Å². The average Bonchev–Trinajstić information content (AvgIpc) is 3.01. The van der Waals surface area contributed by atoms with E-state index in [0.717, 1.165) is 36.9 Å². The standard InChI is InChI=1S/C16H21N3/c1-11-3-5-14(6-4-11)16-12(2)18-15(19-16)9-13-7-8-17-10-13/h3-6,13,17H,7-10H2,1-2H3,(H,18,19). The fourth-order valence-corrected chi connectivity index (χ4v) is 2.77. The second-order valence-electron chi connectivity index (χ2n) is 5.59. The minimum absolute atomic E-state index is 0.733. The molecule has 2 heterocycles. The van der Waals surface area contributed by atoms with Crippen molar-refractivity contribution in [1.82, 2.24) is 15.3 Å². The van der Waals surface area contributed by atoms with Crippen LogP contribution < -0.4 is 5.32 Å². The van der Waals surface area contributed by atoms with Gasteiger partial charge in [-0.15, -0.1) is 0 Å². The lowest BCUT2D eigenvalue weighted by Crippen LogP contribution is -2.11. The van der Waals surface area contributed by atoms with Crippen molar-refractivity contribution in [1.29, 1.82) is 0 Å². The van der Waals surface area contributed by atoms with Gasteiger partial charge in [-0.3, -0.25) is 0 Å². The van der Waals surface area contributed by atoms with Gasteiger partial charge in [-0.25, -0.2) is 4.98 Å². The first-order valence-electron chi connectivity index (χ1n) is 7.05. The van der Waals surface area contributed by atoms with Gasteiger partial charge in [0, 0.05) is 17.7 Å². The molecule has 100 valence electrons. The predicted octanol–water partition coefficient (Wildman–Crippen LogP) is 2.85. The number of benzene rings is 1. The molecule has 19 heavy (non-hydrogen) atoms. The van der Waals surface area contributed by atoms with Crippen molar-refractivity contribution in [3.63, 3.8) is 0 Å². The maximum absolute atomic E-state index is 4.79. The summed E-state index contributed by atoms with van der Waals surface area (Å²) in [6.07, 6.45) is 2.32. The first kappa shape index (κ1) is 12.4. The summed E-state index contributed by atoms with van der Waals surface area (Å²) in [4.78, 5) is 8.24. The summed E-state index contributed by atoms with van der Waals surface area (Å²) in [5.41, 5.74) is 4.76. The average molecular weight is 255 g/mol. The van der Waals surface area contributed by atoms with Gasteiger partial charge in [0.2, 0.25) is 0 Å². The minimum atomic E-state index is 0.733. The van der Waals surface area contributed by atoms with E-state index >= 15 is 0 Å². The predicted molar refractivity (Wildman–Crippen MR) is 78.2 cm³/mol. The molecule has 3 rings (SSSR count). The largest absolute Gasteiger partial charge is 0.346 e. The van der Waals surface area contributed by atoms with E-state index in [9.17, 15) is 0 Å². The molecule has 0 radical (unpaired) electrons. The third kappa shape index (κ3) is 2.71. The molecule has 1 aliphatic rings. The molecule has 1 aromatic carbocycles. The number of hydrogen-bond acceptors (Lipinski definition) is 2. The zero-order chi connectivity index (χ0) is 13.2. The molecule has 1 unspecified atom stereocenters. The Morgan fingerprint density at radius 1 is 1.21 bits per heavy atom. The van der Waals surface area contributed by atoms with Crippen LogP contribution in [0.1, 0.15) is 23.5 Å². The summed E-state index contributed by atoms with van der Waals surface area (Å²) < 4.78 is 0. The minimum Gasteiger partial charge on any atom is -0.346 e. The zero-order valence-corrected chi connectivity index (χ0v) is 11.7. The van der Waals surface area contributed by atoms with E-state index in [1.807, 2.05) is 0 Å². The first-order chi connectivity index (χ1) is 9.22. The summed E-state index contributed by atoms with van der Waals surface area (Å²) in [5, 5.41) is 3.41. The zero-order valence-electron chi connectivity index (χ0n) is 11.7. The molecule has 1 atom stereocenters. The number of H-pyrrole nitrogens is 1. The number of aromatic amines is 1. The molecule has 0 spiro atoms. The van der Waals surface area contributed by atoms with Gasteiger partial charge in [-0.05, 0) is 39.3 Å². The fourth-order valence-electron chi connectivity index (χ4n) is 2.77. The van der Waals surface area contributed by atoms with Gasteiger partial charge in [0.1, 0.15) is 5.82 Å². The Kier molecular flexibility index (Phi) is 3.38. The summed E-state index contributed by atoms with van der Waals surface area (Å²) in [7, 11) is 0. The van der Waals surface area contributed by atoms with Crippen LogP contribution in [-0.2, 0) is 6.42 Å². The van der Waals surface area contributed by atoms with Crippen LogP contribution in [0.2, 0.25) is 0 Å². The van der Waals surface area contributed by atoms with Crippen molar-refractivity contribution >= 4 is 0 Å². The van der Waals surface area contributed by atoms with Gasteiger partial charge in [0.25, 0.3) is 0 Å². The third-order valence-electron chi connectivity index (χ3n) is 3.90. The number of hydrogen-bond donors (Lipinski definition) is 2. The number of aromatic nitrogens is 2. The molecular weight excluding hydrogens is 234 g/mol. The van der Waals surface area contributed by atoms with Crippen LogP contribution in [0.5, 0.6) is 0 Å². The normalized spacial score (nSPS) is 18.9. The monoisotopic (exact) mass is 255 g/mol. The second-order valence-corrected chi connectivity index (χ2v) is 5.59. The molecule has 3 heteroatoms. The Hall–Kier alpha value is -1.61. The lowest BCUT2D eigenvalue weighted by atomic mass is 10.1. The maximum Gasteiger partial charge on any atom is 0.107 e. The molecule has 1 aliphatic heterocycles. The molecule has 0 amide bonds. The van der Waals surface area contributed by atoms with Gasteiger partial charge in [-0.2, -0.15) is 0 Å². The van der Waals surface area contributed by atoms with E-state index in [-0.39, 0.29) is 0 Å². The highest BCUT2D eigenvalue weighted by molar-refractivity contribution is 5.62. The first-order valence-corrected chi connectivity index (χ1v) is 7.05. The molecule has 3 nitrogen and oxygen atoms in total. The molecular formula is C16H21N3. The van der Waals surface area contributed by atoms with Gasteiger partial charge in [-0.1, -0.05) is 29.8 Å². The van der Waals surface area contributed by atoms with Crippen LogP contribution in [0.3, 0.4) is 0 Å². The number of imidazole rings is 1.